The fourth-order valence-corrected chi connectivity index (χ4v) is 6.12. The van der Waals surface area contributed by atoms with Crippen molar-refractivity contribution in [1.29, 1.82) is 0 Å². The van der Waals surface area contributed by atoms with Gasteiger partial charge in [0.1, 0.15) is 13.1 Å². The number of rotatable bonds is 11. The number of quaternary nitrogens is 2. The molecule has 2 saturated heterocycles. The zero-order valence-corrected chi connectivity index (χ0v) is 19.0. The Kier molecular flexibility index (Phi) is 7.62. The molecule has 2 heteroatoms. The van der Waals surface area contributed by atoms with Crippen LogP contribution in [0.15, 0.2) is 60.7 Å². The number of likely N-dealkylation sites (tertiary alicyclic amines) is 2. The van der Waals surface area contributed by atoms with E-state index >= 15 is 0 Å². The zero-order valence-electron chi connectivity index (χ0n) is 19.0. The third kappa shape index (κ3) is 5.95. The predicted molar refractivity (Wildman–Crippen MR) is 127 cm³/mol. The van der Waals surface area contributed by atoms with Crippen LogP contribution in [0.1, 0.15) is 62.5 Å². The molecule has 0 unspecified atom stereocenters. The summed E-state index contributed by atoms with van der Waals surface area (Å²) in [4.78, 5) is 0. The summed E-state index contributed by atoms with van der Waals surface area (Å²) in [5.74, 6) is 0. The number of nitrogens with zero attached hydrogens (tertiary/aromatic N) is 2. The van der Waals surface area contributed by atoms with Gasteiger partial charge < -0.3 is 8.97 Å². The Bertz CT molecular complexity index is 662. The fourth-order valence-electron chi connectivity index (χ4n) is 6.12. The molecule has 0 aliphatic carbocycles. The Morgan fingerprint density at radius 3 is 1.20 bits per heavy atom. The average Bonchev–Trinajstić information content (AvgIpc) is 3.43. The molecule has 0 radical (unpaired) electrons. The van der Waals surface area contributed by atoms with Gasteiger partial charge in [-0.15, -0.1) is 0 Å². The van der Waals surface area contributed by atoms with Gasteiger partial charge in [0.25, 0.3) is 0 Å². The molecule has 0 amide bonds. The maximum atomic E-state index is 2.32. The summed E-state index contributed by atoms with van der Waals surface area (Å²) < 4.78 is 2.69. The van der Waals surface area contributed by atoms with Crippen LogP contribution in [-0.2, 0) is 13.1 Å². The molecule has 30 heavy (non-hydrogen) atoms. The topological polar surface area (TPSA) is 0 Å². The highest BCUT2D eigenvalue weighted by molar-refractivity contribution is 5.14. The van der Waals surface area contributed by atoms with Crippen molar-refractivity contribution in [2.24, 2.45) is 0 Å². The van der Waals surface area contributed by atoms with Crippen molar-refractivity contribution < 1.29 is 8.97 Å². The molecular formula is C28H42N2+2. The first-order valence-electron chi connectivity index (χ1n) is 12.6. The van der Waals surface area contributed by atoms with Crippen LogP contribution in [0.2, 0.25) is 0 Å². The molecule has 0 N–H and O–H groups in total. The number of hydrogen-bond acceptors (Lipinski definition) is 0. The molecule has 0 bridgehead atoms. The van der Waals surface area contributed by atoms with Crippen LogP contribution in [0.5, 0.6) is 0 Å². The van der Waals surface area contributed by atoms with Gasteiger partial charge in [-0.1, -0.05) is 60.7 Å². The van der Waals surface area contributed by atoms with Gasteiger partial charge in [0, 0.05) is 36.8 Å². The summed E-state index contributed by atoms with van der Waals surface area (Å²) in [5.41, 5.74) is 3.06. The second-order valence-corrected chi connectivity index (χ2v) is 10.1. The van der Waals surface area contributed by atoms with Crippen LogP contribution < -0.4 is 0 Å². The lowest BCUT2D eigenvalue weighted by Gasteiger charge is -2.35. The molecule has 2 aliphatic rings. The predicted octanol–water partition coefficient (Wildman–Crippen LogP) is 6.17. The largest absolute Gasteiger partial charge is 0.320 e. The molecule has 0 aromatic heterocycles. The van der Waals surface area contributed by atoms with Crippen molar-refractivity contribution in [3.63, 3.8) is 0 Å². The van der Waals surface area contributed by atoms with Crippen LogP contribution in [0, 0.1) is 0 Å². The van der Waals surface area contributed by atoms with Gasteiger partial charge in [-0.25, -0.2) is 0 Å². The lowest BCUT2D eigenvalue weighted by molar-refractivity contribution is -0.930. The van der Waals surface area contributed by atoms with Crippen LogP contribution in [0.3, 0.4) is 0 Å². The molecule has 2 aromatic carbocycles. The third-order valence-electron chi connectivity index (χ3n) is 7.77. The quantitative estimate of drug-likeness (QED) is 0.309. The van der Waals surface area contributed by atoms with Crippen LogP contribution in [-0.4, -0.2) is 48.2 Å². The van der Waals surface area contributed by atoms with Crippen molar-refractivity contribution in [1.82, 2.24) is 0 Å². The van der Waals surface area contributed by atoms with E-state index in [1.54, 1.807) is 0 Å². The molecule has 2 heterocycles. The first-order chi connectivity index (χ1) is 14.8. The standard InChI is InChI=1S/C28H42N2/c1(9-19-29(21-11-12-22-29)25-27-15-5-3-6-16-27)2-10-20-30(23-13-14-24-30)26-28-17-7-4-8-18-28/h3-8,15-18H,1-2,9-14,19-26H2/q+2. The third-order valence-corrected chi connectivity index (χ3v) is 7.77. The van der Waals surface area contributed by atoms with Crippen molar-refractivity contribution in [3.8, 4) is 0 Å². The second kappa shape index (κ2) is 10.6. The van der Waals surface area contributed by atoms with Gasteiger partial charge in [0.2, 0.25) is 0 Å². The van der Waals surface area contributed by atoms with Gasteiger partial charge in [-0.3, -0.25) is 0 Å². The number of hydrogen-bond donors (Lipinski definition) is 0. The molecule has 2 nitrogen and oxygen atoms in total. The van der Waals surface area contributed by atoms with E-state index < -0.39 is 0 Å². The summed E-state index contributed by atoms with van der Waals surface area (Å²) in [6, 6.07) is 22.4. The van der Waals surface area contributed by atoms with Crippen LogP contribution >= 0.6 is 0 Å². The van der Waals surface area contributed by atoms with Gasteiger partial charge in [-0.2, -0.15) is 0 Å². The second-order valence-electron chi connectivity index (χ2n) is 10.1. The highest BCUT2D eigenvalue weighted by Gasteiger charge is 2.32. The monoisotopic (exact) mass is 406 g/mol. The van der Waals surface area contributed by atoms with E-state index in [0.717, 1.165) is 0 Å². The van der Waals surface area contributed by atoms with Crippen molar-refractivity contribution >= 4 is 0 Å². The summed E-state index contributed by atoms with van der Waals surface area (Å²) in [6.07, 6.45) is 11.3. The first kappa shape index (κ1) is 21.6. The fraction of sp³-hybridized carbons (Fsp3) is 0.571. The van der Waals surface area contributed by atoms with Crippen molar-refractivity contribution in [2.75, 3.05) is 39.3 Å². The van der Waals surface area contributed by atoms with E-state index in [9.17, 15) is 0 Å². The van der Waals surface area contributed by atoms with Gasteiger partial charge in [-0.05, 0) is 25.7 Å². The summed E-state index contributed by atoms with van der Waals surface area (Å²) >= 11 is 0. The van der Waals surface area contributed by atoms with E-state index in [1.807, 2.05) is 0 Å². The van der Waals surface area contributed by atoms with E-state index in [0.29, 0.717) is 0 Å². The average molecular weight is 407 g/mol. The maximum Gasteiger partial charge on any atom is 0.104 e. The molecule has 0 spiro atoms. The molecule has 0 atom stereocenters. The minimum absolute atomic E-state index is 1.25. The minimum atomic E-state index is 1.25. The Hall–Kier alpha value is -1.64. The highest BCUT2D eigenvalue weighted by Crippen LogP contribution is 2.26. The normalized spacial score (nSPS) is 19.9. The van der Waals surface area contributed by atoms with E-state index in [4.69, 9.17) is 0 Å². The van der Waals surface area contributed by atoms with Crippen LogP contribution in [0.4, 0.5) is 0 Å². The molecule has 4 rings (SSSR count). The maximum absolute atomic E-state index is 2.32. The summed E-state index contributed by atoms with van der Waals surface area (Å²) in [6.45, 7) is 10.9. The lowest BCUT2D eigenvalue weighted by Crippen LogP contribution is -2.45. The number of benzene rings is 2. The Morgan fingerprint density at radius 1 is 0.467 bits per heavy atom. The lowest BCUT2D eigenvalue weighted by atomic mass is 10.1. The highest BCUT2D eigenvalue weighted by atomic mass is 15.4. The summed E-state index contributed by atoms with van der Waals surface area (Å²) in [7, 11) is 0. The molecular weight excluding hydrogens is 364 g/mol. The number of unbranched alkanes of at least 4 members (excludes halogenated alkanes) is 3. The van der Waals surface area contributed by atoms with Crippen molar-refractivity contribution in [3.05, 3.63) is 71.8 Å². The molecule has 2 fully saturated rings. The van der Waals surface area contributed by atoms with Crippen molar-refractivity contribution in [2.45, 2.75) is 64.5 Å². The molecule has 2 aromatic rings. The Morgan fingerprint density at radius 2 is 0.833 bits per heavy atom. The molecule has 162 valence electrons. The SMILES string of the molecule is c1ccc(C[N+]2(CCCCCC[N+]3(Cc4ccccc4)CCCC3)CCCC2)cc1. The smallest absolute Gasteiger partial charge is 0.104 e. The minimum Gasteiger partial charge on any atom is -0.320 e. The van der Waals surface area contributed by atoms with E-state index in [1.165, 1.54) is 124 Å². The van der Waals surface area contributed by atoms with Gasteiger partial charge >= 0.3 is 0 Å². The zero-order chi connectivity index (χ0) is 20.5. The van der Waals surface area contributed by atoms with Gasteiger partial charge in [0.15, 0.2) is 0 Å². The van der Waals surface area contributed by atoms with Crippen LogP contribution in [0.25, 0.3) is 0 Å². The first-order valence-corrected chi connectivity index (χ1v) is 12.6. The molecule has 0 saturated carbocycles. The molecule has 2 aliphatic heterocycles. The van der Waals surface area contributed by atoms with Gasteiger partial charge in [0.05, 0.1) is 39.3 Å². The Labute approximate surface area is 184 Å². The van der Waals surface area contributed by atoms with E-state index in [-0.39, 0.29) is 0 Å². The Balaban J connectivity index is 1.20. The van der Waals surface area contributed by atoms with E-state index in [2.05, 4.69) is 60.7 Å². The summed E-state index contributed by atoms with van der Waals surface area (Å²) in [5, 5.41) is 0.